The average Bonchev–Trinajstić information content (AvgIpc) is 2.64. The third kappa shape index (κ3) is 2.36. The molecule has 1 N–H and O–H groups in total. The highest BCUT2D eigenvalue weighted by Crippen LogP contribution is 2.53. The van der Waals surface area contributed by atoms with Crippen molar-refractivity contribution in [3.63, 3.8) is 0 Å². The van der Waals surface area contributed by atoms with Crippen LogP contribution in [0.3, 0.4) is 0 Å². The number of halogens is 1. The first-order valence-electron chi connectivity index (χ1n) is 7.09. The number of hydrogen-bond donors (Lipinski definition) is 1. The van der Waals surface area contributed by atoms with E-state index in [0.29, 0.717) is 11.5 Å². The van der Waals surface area contributed by atoms with E-state index in [1.807, 2.05) is 25.2 Å². The summed E-state index contributed by atoms with van der Waals surface area (Å²) in [5.41, 5.74) is 1.60. The van der Waals surface area contributed by atoms with Crippen LogP contribution in [0.15, 0.2) is 18.2 Å². The van der Waals surface area contributed by atoms with Gasteiger partial charge in [0.2, 0.25) is 0 Å². The molecule has 1 aliphatic heterocycles. The number of ether oxygens (including phenoxy) is 1. The molecule has 0 saturated heterocycles. The fourth-order valence-electron chi connectivity index (χ4n) is 3.78. The third-order valence-corrected chi connectivity index (χ3v) is 4.89. The summed E-state index contributed by atoms with van der Waals surface area (Å²) in [6.07, 6.45) is 4.58. The third-order valence-electron chi connectivity index (χ3n) is 4.66. The van der Waals surface area contributed by atoms with Gasteiger partial charge >= 0.3 is 0 Å². The maximum Gasteiger partial charge on any atom is 0.125 e. The fourth-order valence-corrected chi connectivity index (χ4v) is 3.96. The Morgan fingerprint density at radius 2 is 2.11 bits per heavy atom. The van der Waals surface area contributed by atoms with Gasteiger partial charge in [-0.05, 0) is 49.9 Å². The molecule has 1 aliphatic carbocycles. The summed E-state index contributed by atoms with van der Waals surface area (Å²) < 4.78 is 6.40. The Bertz CT molecular complexity index is 500. The van der Waals surface area contributed by atoms with Crippen LogP contribution in [0.2, 0.25) is 5.02 Å². The summed E-state index contributed by atoms with van der Waals surface area (Å²) >= 11 is 6.11. The normalized spacial score (nSPS) is 32.1. The molecular weight excluding hydrogens is 258 g/mol. The molecule has 1 aromatic rings. The molecule has 0 radical (unpaired) electrons. The number of hydrogen-bond acceptors (Lipinski definition) is 2. The molecule has 3 rings (SSSR count). The Hall–Kier alpha value is -0.730. The van der Waals surface area contributed by atoms with Gasteiger partial charge in [-0.3, -0.25) is 0 Å². The van der Waals surface area contributed by atoms with Gasteiger partial charge in [0.05, 0.1) is 0 Å². The van der Waals surface area contributed by atoms with Gasteiger partial charge in [0.15, 0.2) is 0 Å². The topological polar surface area (TPSA) is 21.3 Å². The standard InChI is InChI=1S/C16H22ClNO/c1-15(2)6-7-16(10-15)9-13(18-3)12-8-11(17)4-5-14(12)19-16/h4-5,8,13,18H,6-7,9-10H2,1-3H3. The van der Waals surface area contributed by atoms with E-state index in [-0.39, 0.29) is 5.60 Å². The quantitative estimate of drug-likeness (QED) is 0.826. The van der Waals surface area contributed by atoms with Crippen LogP contribution in [0.25, 0.3) is 0 Å². The Morgan fingerprint density at radius 3 is 2.74 bits per heavy atom. The van der Waals surface area contributed by atoms with Crippen LogP contribution in [0.1, 0.15) is 51.1 Å². The molecule has 2 atom stereocenters. The molecule has 2 unspecified atom stereocenters. The molecule has 1 aromatic carbocycles. The van der Waals surface area contributed by atoms with Crippen molar-refractivity contribution in [2.75, 3.05) is 7.05 Å². The van der Waals surface area contributed by atoms with Gasteiger partial charge in [0, 0.05) is 23.0 Å². The maximum absolute atomic E-state index is 6.40. The van der Waals surface area contributed by atoms with Gasteiger partial charge < -0.3 is 10.1 Å². The van der Waals surface area contributed by atoms with Gasteiger partial charge in [-0.2, -0.15) is 0 Å². The van der Waals surface area contributed by atoms with Gasteiger partial charge in [0.1, 0.15) is 11.4 Å². The smallest absolute Gasteiger partial charge is 0.125 e. The van der Waals surface area contributed by atoms with Crippen LogP contribution in [0, 0.1) is 5.41 Å². The first kappa shape index (κ1) is 13.3. The van der Waals surface area contributed by atoms with Gasteiger partial charge in [-0.15, -0.1) is 0 Å². The Labute approximate surface area is 120 Å². The van der Waals surface area contributed by atoms with Crippen molar-refractivity contribution in [1.82, 2.24) is 5.32 Å². The maximum atomic E-state index is 6.40. The Morgan fingerprint density at radius 1 is 1.32 bits per heavy atom. The molecule has 0 amide bonds. The van der Waals surface area contributed by atoms with Crippen molar-refractivity contribution in [3.8, 4) is 5.75 Å². The van der Waals surface area contributed by atoms with Gasteiger partial charge in [-0.1, -0.05) is 25.4 Å². The minimum atomic E-state index is 0.0119. The minimum absolute atomic E-state index is 0.0119. The summed E-state index contributed by atoms with van der Waals surface area (Å²) in [5, 5.41) is 4.21. The molecule has 1 fully saturated rings. The second-order valence-electron chi connectivity index (χ2n) is 6.85. The van der Waals surface area contributed by atoms with Crippen molar-refractivity contribution in [1.29, 1.82) is 0 Å². The molecule has 1 spiro atoms. The van der Waals surface area contributed by atoms with Crippen LogP contribution in [-0.2, 0) is 0 Å². The summed E-state index contributed by atoms with van der Waals surface area (Å²) in [6, 6.07) is 6.32. The van der Waals surface area contributed by atoms with Crippen LogP contribution in [0.5, 0.6) is 5.75 Å². The zero-order valence-corrected chi connectivity index (χ0v) is 12.7. The molecule has 1 heterocycles. The lowest BCUT2D eigenvalue weighted by molar-refractivity contribution is 0.0288. The predicted molar refractivity (Wildman–Crippen MR) is 78.9 cm³/mol. The highest BCUT2D eigenvalue weighted by molar-refractivity contribution is 6.30. The lowest BCUT2D eigenvalue weighted by Gasteiger charge is -2.41. The average molecular weight is 280 g/mol. The molecule has 0 bridgehead atoms. The highest BCUT2D eigenvalue weighted by Gasteiger charge is 2.48. The predicted octanol–water partition coefficient (Wildman–Crippen LogP) is 4.33. The molecule has 19 heavy (non-hydrogen) atoms. The summed E-state index contributed by atoms with van der Waals surface area (Å²) in [7, 11) is 2.02. The number of rotatable bonds is 1. The molecule has 104 valence electrons. The van der Waals surface area contributed by atoms with Crippen molar-refractivity contribution in [2.45, 2.75) is 51.2 Å². The van der Waals surface area contributed by atoms with Crippen molar-refractivity contribution in [3.05, 3.63) is 28.8 Å². The number of nitrogens with one attached hydrogen (secondary N) is 1. The van der Waals surface area contributed by atoms with E-state index in [1.165, 1.54) is 12.0 Å². The lowest BCUT2D eigenvalue weighted by atomic mass is 9.82. The van der Waals surface area contributed by atoms with E-state index < -0.39 is 0 Å². The van der Waals surface area contributed by atoms with Crippen molar-refractivity contribution in [2.24, 2.45) is 5.41 Å². The van der Waals surface area contributed by atoms with Crippen LogP contribution >= 0.6 is 11.6 Å². The van der Waals surface area contributed by atoms with Gasteiger partial charge in [-0.25, -0.2) is 0 Å². The molecule has 0 aromatic heterocycles. The van der Waals surface area contributed by atoms with Crippen LogP contribution in [0.4, 0.5) is 0 Å². The first-order valence-corrected chi connectivity index (χ1v) is 7.47. The van der Waals surface area contributed by atoms with E-state index in [1.54, 1.807) is 0 Å². The highest BCUT2D eigenvalue weighted by atomic mass is 35.5. The summed E-state index contributed by atoms with van der Waals surface area (Å²) in [5.74, 6) is 1.01. The summed E-state index contributed by atoms with van der Waals surface area (Å²) in [6.45, 7) is 4.69. The van der Waals surface area contributed by atoms with Crippen molar-refractivity contribution < 1.29 is 4.74 Å². The Balaban J connectivity index is 1.97. The second-order valence-corrected chi connectivity index (χ2v) is 7.29. The SMILES string of the molecule is CNC1CC2(CCC(C)(C)C2)Oc2ccc(Cl)cc21. The minimum Gasteiger partial charge on any atom is -0.487 e. The molecular formula is C16H22ClNO. The van der Waals surface area contributed by atoms with Crippen LogP contribution < -0.4 is 10.1 Å². The second kappa shape index (κ2) is 4.39. The lowest BCUT2D eigenvalue weighted by Crippen LogP contribution is -2.42. The zero-order valence-electron chi connectivity index (χ0n) is 11.9. The Kier molecular flexibility index (Phi) is 3.06. The molecule has 1 saturated carbocycles. The number of fused-ring (bicyclic) bond motifs is 1. The fraction of sp³-hybridized carbons (Fsp3) is 0.625. The molecule has 2 nitrogen and oxygen atoms in total. The number of benzene rings is 1. The molecule has 3 heteroatoms. The van der Waals surface area contributed by atoms with Crippen LogP contribution in [-0.4, -0.2) is 12.6 Å². The zero-order chi connectivity index (χ0) is 13.7. The van der Waals surface area contributed by atoms with E-state index in [4.69, 9.17) is 16.3 Å². The van der Waals surface area contributed by atoms with E-state index in [9.17, 15) is 0 Å². The monoisotopic (exact) mass is 279 g/mol. The van der Waals surface area contributed by atoms with Crippen molar-refractivity contribution >= 4 is 11.6 Å². The molecule has 2 aliphatic rings. The van der Waals surface area contributed by atoms with Gasteiger partial charge in [0.25, 0.3) is 0 Å². The summed E-state index contributed by atoms with van der Waals surface area (Å²) in [4.78, 5) is 0. The van der Waals surface area contributed by atoms with E-state index >= 15 is 0 Å². The van der Waals surface area contributed by atoms with E-state index in [2.05, 4.69) is 19.2 Å². The largest absolute Gasteiger partial charge is 0.487 e. The first-order chi connectivity index (χ1) is 8.93. The van der Waals surface area contributed by atoms with E-state index in [0.717, 1.165) is 30.0 Å².